The highest BCUT2D eigenvalue weighted by Gasteiger charge is 2.16. The fourth-order valence-corrected chi connectivity index (χ4v) is 2.94. The summed E-state index contributed by atoms with van der Waals surface area (Å²) in [6, 6.07) is 8.72. The summed E-state index contributed by atoms with van der Waals surface area (Å²) >= 11 is 15.4. The Morgan fingerprint density at radius 1 is 1.00 bits per heavy atom. The molecule has 0 aliphatic rings. The lowest BCUT2D eigenvalue weighted by Crippen LogP contribution is -2.04. The summed E-state index contributed by atoms with van der Waals surface area (Å²) in [5.41, 5.74) is 3.16. The second-order valence-electron chi connectivity index (χ2n) is 4.37. The Bertz CT molecular complexity index is 665. The van der Waals surface area contributed by atoms with Gasteiger partial charge in [-0.1, -0.05) is 23.2 Å². The maximum absolute atomic E-state index is 12.5. The summed E-state index contributed by atoms with van der Waals surface area (Å²) in [5, 5.41) is 1.05. The van der Waals surface area contributed by atoms with Crippen LogP contribution in [0.4, 0.5) is 0 Å². The van der Waals surface area contributed by atoms with E-state index < -0.39 is 0 Å². The van der Waals surface area contributed by atoms with Gasteiger partial charge in [0.2, 0.25) is 0 Å². The molecule has 19 heavy (non-hydrogen) atoms. The number of hydrogen-bond donors (Lipinski definition) is 0. The summed E-state index contributed by atoms with van der Waals surface area (Å²) in [7, 11) is 0. The molecule has 4 heteroatoms. The maximum atomic E-state index is 12.5. The van der Waals surface area contributed by atoms with Crippen LogP contribution < -0.4 is 0 Å². The first kappa shape index (κ1) is 14.6. The summed E-state index contributed by atoms with van der Waals surface area (Å²) < 4.78 is 0.666. The van der Waals surface area contributed by atoms with Crippen molar-refractivity contribution in [2.45, 2.75) is 13.8 Å². The van der Waals surface area contributed by atoms with Crippen LogP contribution in [0, 0.1) is 13.8 Å². The third-order valence-corrected chi connectivity index (χ3v) is 4.21. The van der Waals surface area contributed by atoms with Gasteiger partial charge in [-0.2, -0.15) is 0 Å². The van der Waals surface area contributed by atoms with E-state index in [1.165, 1.54) is 0 Å². The molecule has 0 fully saturated rings. The topological polar surface area (TPSA) is 17.1 Å². The lowest BCUT2D eigenvalue weighted by molar-refractivity contribution is 0.103. The van der Waals surface area contributed by atoms with Gasteiger partial charge in [-0.05, 0) is 71.2 Å². The molecule has 98 valence electrons. The van der Waals surface area contributed by atoms with Crippen LogP contribution in [-0.4, -0.2) is 5.78 Å². The number of benzene rings is 2. The standard InChI is InChI=1S/C15H11BrCl2O/c1-8-5-12(14(18)6-9(8)2)15(19)11-4-3-10(17)7-13(11)16/h3-7H,1-2H3. The number of hydrogen-bond acceptors (Lipinski definition) is 1. The zero-order valence-electron chi connectivity index (χ0n) is 10.4. The number of halogens is 3. The van der Waals surface area contributed by atoms with Crippen LogP contribution >= 0.6 is 39.1 Å². The third-order valence-electron chi connectivity index (χ3n) is 3.00. The van der Waals surface area contributed by atoms with E-state index in [9.17, 15) is 4.79 Å². The van der Waals surface area contributed by atoms with Gasteiger partial charge < -0.3 is 0 Å². The summed E-state index contributed by atoms with van der Waals surface area (Å²) in [6.07, 6.45) is 0. The molecule has 0 atom stereocenters. The predicted octanol–water partition coefficient (Wildman–Crippen LogP) is 5.60. The molecule has 0 bridgehead atoms. The maximum Gasteiger partial charge on any atom is 0.195 e. The summed E-state index contributed by atoms with van der Waals surface area (Å²) in [4.78, 5) is 12.5. The summed E-state index contributed by atoms with van der Waals surface area (Å²) in [6.45, 7) is 3.92. The van der Waals surface area contributed by atoms with Crippen LogP contribution in [0.25, 0.3) is 0 Å². The number of rotatable bonds is 2. The van der Waals surface area contributed by atoms with Gasteiger partial charge >= 0.3 is 0 Å². The van der Waals surface area contributed by atoms with Gasteiger partial charge in [0.15, 0.2) is 5.78 Å². The Hall–Kier alpha value is -0.830. The lowest BCUT2D eigenvalue weighted by atomic mass is 9.99. The van der Waals surface area contributed by atoms with Crippen LogP contribution in [-0.2, 0) is 0 Å². The van der Waals surface area contributed by atoms with Gasteiger partial charge in [-0.15, -0.1) is 0 Å². The summed E-state index contributed by atoms with van der Waals surface area (Å²) in [5.74, 6) is -0.114. The SMILES string of the molecule is Cc1cc(Cl)c(C(=O)c2ccc(Cl)cc2Br)cc1C. The Labute approximate surface area is 130 Å². The molecule has 0 saturated heterocycles. The van der Waals surface area contributed by atoms with Crippen molar-refractivity contribution in [3.8, 4) is 0 Å². The second-order valence-corrected chi connectivity index (χ2v) is 6.07. The molecule has 0 heterocycles. The molecule has 0 amide bonds. The Kier molecular flexibility index (Phi) is 4.34. The van der Waals surface area contributed by atoms with E-state index in [0.29, 0.717) is 25.6 Å². The third kappa shape index (κ3) is 3.02. The van der Waals surface area contributed by atoms with Crippen LogP contribution in [0.3, 0.4) is 0 Å². The van der Waals surface area contributed by atoms with Gasteiger partial charge in [-0.3, -0.25) is 4.79 Å². The predicted molar refractivity (Wildman–Crippen MR) is 83.5 cm³/mol. The molecule has 0 unspecified atom stereocenters. The lowest BCUT2D eigenvalue weighted by Gasteiger charge is -2.09. The number of carbonyl (C=O) groups excluding carboxylic acids is 1. The normalized spacial score (nSPS) is 10.6. The van der Waals surface area contributed by atoms with E-state index in [1.807, 2.05) is 26.0 Å². The first-order chi connectivity index (χ1) is 8.90. The van der Waals surface area contributed by atoms with Crippen molar-refractivity contribution in [3.63, 3.8) is 0 Å². The van der Waals surface area contributed by atoms with Crippen molar-refractivity contribution in [3.05, 3.63) is 67.1 Å². The molecule has 0 aromatic heterocycles. The van der Waals surface area contributed by atoms with Gasteiger partial charge in [0, 0.05) is 20.6 Å². The smallest absolute Gasteiger partial charge is 0.195 e. The van der Waals surface area contributed by atoms with Crippen molar-refractivity contribution in [2.75, 3.05) is 0 Å². The van der Waals surface area contributed by atoms with Crippen LogP contribution in [0.1, 0.15) is 27.0 Å². The van der Waals surface area contributed by atoms with Crippen molar-refractivity contribution < 1.29 is 4.79 Å². The van der Waals surface area contributed by atoms with Crippen LogP contribution in [0.5, 0.6) is 0 Å². The minimum Gasteiger partial charge on any atom is -0.289 e. The minimum absolute atomic E-state index is 0.114. The molecular formula is C15H11BrCl2O. The number of aryl methyl sites for hydroxylation is 2. The zero-order valence-corrected chi connectivity index (χ0v) is 13.5. The average molecular weight is 358 g/mol. The molecule has 0 spiro atoms. The fraction of sp³-hybridized carbons (Fsp3) is 0.133. The van der Waals surface area contributed by atoms with E-state index in [0.717, 1.165) is 11.1 Å². The van der Waals surface area contributed by atoms with E-state index in [4.69, 9.17) is 23.2 Å². The van der Waals surface area contributed by atoms with Crippen molar-refractivity contribution in [1.82, 2.24) is 0 Å². The van der Waals surface area contributed by atoms with E-state index in [-0.39, 0.29) is 5.78 Å². The fourth-order valence-electron chi connectivity index (χ4n) is 1.77. The first-order valence-corrected chi connectivity index (χ1v) is 7.21. The average Bonchev–Trinajstić information content (AvgIpc) is 2.33. The monoisotopic (exact) mass is 356 g/mol. The molecule has 0 N–H and O–H groups in total. The Morgan fingerprint density at radius 3 is 2.26 bits per heavy atom. The highest BCUT2D eigenvalue weighted by molar-refractivity contribution is 9.10. The molecule has 1 nitrogen and oxygen atoms in total. The molecule has 2 aromatic carbocycles. The van der Waals surface area contributed by atoms with Gasteiger partial charge in [0.25, 0.3) is 0 Å². The zero-order chi connectivity index (χ0) is 14.2. The molecular weight excluding hydrogens is 347 g/mol. The van der Waals surface area contributed by atoms with Crippen molar-refractivity contribution in [2.24, 2.45) is 0 Å². The Morgan fingerprint density at radius 2 is 1.63 bits per heavy atom. The van der Waals surface area contributed by atoms with Gasteiger partial charge in [0.05, 0.1) is 5.02 Å². The van der Waals surface area contributed by atoms with Crippen LogP contribution in [0.15, 0.2) is 34.8 Å². The minimum atomic E-state index is -0.114. The van der Waals surface area contributed by atoms with E-state index in [2.05, 4.69) is 15.9 Å². The van der Waals surface area contributed by atoms with Crippen molar-refractivity contribution in [1.29, 1.82) is 0 Å². The Balaban J connectivity index is 2.53. The van der Waals surface area contributed by atoms with Gasteiger partial charge in [-0.25, -0.2) is 0 Å². The molecule has 0 radical (unpaired) electrons. The highest BCUT2D eigenvalue weighted by Crippen LogP contribution is 2.28. The molecule has 0 aliphatic heterocycles. The number of ketones is 1. The highest BCUT2D eigenvalue weighted by atomic mass is 79.9. The van der Waals surface area contributed by atoms with E-state index >= 15 is 0 Å². The quantitative estimate of drug-likeness (QED) is 0.639. The van der Waals surface area contributed by atoms with E-state index in [1.54, 1.807) is 18.2 Å². The largest absolute Gasteiger partial charge is 0.289 e. The molecule has 0 aliphatic carbocycles. The molecule has 2 rings (SSSR count). The molecule has 2 aromatic rings. The van der Waals surface area contributed by atoms with Crippen LogP contribution in [0.2, 0.25) is 10.0 Å². The molecule has 0 saturated carbocycles. The second kappa shape index (κ2) is 5.66. The number of carbonyl (C=O) groups is 1. The van der Waals surface area contributed by atoms with Gasteiger partial charge in [0.1, 0.15) is 0 Å². The van der Waals surface area contributed by atoms with Crippen molar-refractivity contribution >= 4 is 44.9 Å². The first-order valence-electron chi connectivity index (χ1n) is 5.66.